The molecule has 0 fully saturated rings. The molecule has 0 bridgehead atoms. The summed E-state index contributed by atoms with van der Waals surface area (Å²) in [6.07, 6.45) is 0. The topological polar surface area (TPSA) is 53.7 Å². The van der Waals surface area contributed by atoms with Gasteiger partial charge in [-0.15, -0.1) is 5.10 Å². The number of fused-ring (bicyclic) bond motifs is 10. The lowest BCUT2D eigenvalue weighted by molar-refractivity contribution is 0.673. The zero-order chi connectivity index (χ0) is 36.7. The van der Waals surface area contributed by atoms with Gasteiger partial charge in [-0.25, -0.2) is 9.67 Å². The van der Waals surface area contributed by atoms with Crippen LogP contribution in [0.4, 0.5) is 0 Å². The summed E-state index contributed by atoms with van der Waals surface area (Å²) in [5.41, 5.74) is 11.3. The Hall–Kier alpha value is -7.70. The second-order valence-electron chi connectivity index (χ2n) is 14.2. The van der Waals surface area contributed by atoms with Crippen LogP contribution in [-0.4, -0.2) is 23.9 Å². The molecule has 0 spiro atoms. The van der Waals surface area contributed by atoms with Crippen molar-refractivity contribution in [2.75, 3.05) is 0 Å². The van der Waals surface area contributed by atoms with Crippen molar-refractivity contribution in [1.82, 2.24) is 23.9 Å². The maximum atomic E-state index is 6.64. The Morgan fingerprint density at radius 2 is 0.911 bits per heavy atom. The predicted octanol–water partition coefficient (Wildman–Crippen LogP) is 12.7. The highest BCUT2D eigenvalue weighted by Gasteiger charge is 2.24. The first-order chi connectivity index (χ1) is 27.8. The number of rotatable bonds is 5. The summed E-state index contributed by atoms with van der Waals surface area (Å²) in [4.78, 5) is 5.15. The first kappa shape index (κ1) is 30.7. The highest BCUT2D eigenvalue weighted by molar-refractivity contribution is 6.24. The fraction of sp³-hybridized carbons (Fsp3) is 0. The third kappa shape index (κ3) is 4.38. The third-order valence-corrected chi connectivity index (χ3v) is 11.1. The number of nitrogens with zero attached hydrogens (tertiary/aromatic N) is 5. The summed E-state index contributed by atoms with van der Waals surface area (Å²) >= 11 is 0. The van der Waals surface area contributed by atoms with E-state index in [9.17, 15) is 0 Å². The Kier molecular flexibility index (Phi) is 6.53. The molecule has 8 aromatic carbocycles. The van der Waals surface area contributed by atoms with Gasteiger partial charge in [-0.3, -0.25) is 0 Å². The molecule has 0 aliphatic rings. The van der Waals surface area contributed by atoms with Gasteiger partial charge in [0.1, 0.15) is 11.2 Å². The summed E-state index contributed by atoms with van der Waals surface area (Å²) < 4.78 is 13.5. The Morgan fingerprint density at radius 3 is 1.62 bits per heavy atom. The van der Waals surface area contributed by atoms with E-state index in [1.807, 2.05) is 47.1 Å². The lowest BCUT2D eigenvalue weighted by Gasteiger charge is -2.16. The molecule has 0 N–H and O–H groups in total. The van der Waals surface area contributed by atoms with Crippen LogP contribution in [0, 0.1) is 0 Å². The fourth-order valence-corrected chi connectivity index (χ4v) is 8.74. The van der Waals surface area contributed by atoms with Gasteiger partial charge in [0, 0.05) is 38.1 Å². The van der Waals surface area contributed by atoms with Crippen molar-refractivity contribution in [2.24, 2.45) is 0 Å². The van der Waals surface area contributed by atoms with E-state index in [-0.39, 0.29) is 0 Å². The molecule has 262 valence electrons. The lowest BCUT2D eigenvalue weighted by atomic mass is 10.1. The van der Waals surface area contributed by atoms with Gasteiger partial charge in [0.25, 0.3) is 0 Å². The quantitative estimate of drug-likeness (QED) is 0.178. The van der Waals surface area contributed by atoms with Gasteiger partial charge in [0.2, 0.25) is 0 Å². The molecule has 4 aromatic heterocycles. The zero-order valence-electron chi connectivity index (χ0n) is 30.0. The van der Waals surface area contributed by atoms with E-state index in [1.165, 1.54) is 0 Å². The van der Waals surface area contributed by atoms with Crippen LogP contribution >= 0.6 is 0 Å². The van der Waals surface area contributed by atoms with Gasteiger partial charge in [-0.1, -0.05) is 133 Å². The van der Waals surface area contributed by atoms with Crippen molar-refractivity contribution in [1.29, 1.82) is 0 Å². The Labute approximate surface area is 320 Å². The van der Waals surface area contributed by atoms with Crippen molar-refractivity contribution < 1.29 is 4.42 Å². The van der Waals surface area contributed by atoms with Gasteiger partial charge in [0.05, 0.1) is 44.5 Å². The average Bonchev–Trinajstić information content (AvgIpc) is 4.04. The molecule has 6 nitrogen and oxygen atoms in total. The van der Waals surface area contributed by atoms with E-state index >= 15 is 0 Å². The van der Waals surface area contributed by atoms with Crippen LogP contribution < -0.4 is 0 Å². The molecular weight excluding hydrogens is 687 g/mol. The molecule has 0 saturated heterocycles. The van der Waals surface area contributed by atoms with Crippen LogP contribution in [0.1, 0.15) is 0 Å². The number of para-hydroxylation sites is 5. The van der Waals surface area contributed by atoms with Crippen molar-refractivity contribution in [3.63, 3.8) is 0 Å². The van der Waals surface area contributed by atoms with Crippen molar-refractivity contribution in [3.05, 3.63) is 188 Å². The van der Waals surface area contributed by atoms with Gasteiger partial charge >= 0.3 is 0 Å². The second kappa shape index (κ2) is 11.9. The maximum absolute atomic E-state index is 6.64. The Balaban J connectivity index is 1.15. The highest BCUT2D eigenvalue weighted by atomic mass is 16.3. The van der Waals surface area contributed by atoms with E-state index in [1.54, 1.807) is 0 Å². The maximum Gasteiger partial charge on any atom is 0.182 e. The molecule has 12 rings (SSSR count). The minimum atomic E-state index is 0.681. The standard InChI is InChI=1S/C50H31N5O/c1-3-16-32(17-4-1)49-51-50(33-18-5-2-6-19-33)55(52-49)44-28-15-27-42-46(44)36-21-7-10-23-38(36)53(42)40-25-12-13-26-41(40)54-39-24-11-8-22-37(39)47-43(54)31-30-35-34-20-9-14-29-45(34)56-48(35)47/h1-31H. The van der Waals surface area contributed by atoms with E-state index in [4.69, 9.17) is 14.5 Å². The number of aromatic nitrogens is 5. The number of furan rings is 1. The first-order valence-corrected chi connectivity index (χ1v) is 18.9. The second-order valence-corrected chi connectivity index (χ2v) is 14.2. The molecule has 4 heterocycles. The molecule has 0 amide bonds. The third-order valence-electron chi connectivity index (χ3n) is 11.1. The molecule has 0 radical (unpaired) electrons. The number of hydrogen-bond acceptors (Lipinski definition) is 3. The summed E-state index contributed by atoms with van der Waals surface area (Å²) in [5, 5.41) is 12.0. The molecule has 0 saturated carbocycles. The molecule has 0 unspecified atom stereocenters. The summed E-state index contributed by atoms with van der Waals surface area (Å²) in [5.74, 6) is 1.47. The van der Waals surface area contributed by atoms with Gasteiger partial charge in [-0.2, -0.15) is 0 Å². The van der Waals surface area contributed by atoms with E-state index in [2.05, 4.69) is 155 Å². The monoisotopic (exact) mass is 717 g/mol. The van der Waals surface area contributed by atoms with E-state index in [0.717, 1.165) is 99.6 Å². The predicted molar refractivity (Wildman–Crippen MR) is 228 cm³/mol. The molecule has 0 aliphatic carbocycles. The molecule has 6 heteroatoms. The molecule has 0 aliphatic heterocycles. The molecule has 12 aromatic rings. The van der Waals surface area contributed by atoms with E-state index < -0.39 is 0 Å². The average molecular weight is 718 g/mol. The summed E-state index contributed by atoms with van der Waals surface area (Å²) in [6, 6.07) is 65.8. The van der Waals surface area contributed by atoms with Crippen LogP contribution in [0.25, 0.3) is 105 Å². The normalized spacial score (nSPS) is 11.9. The smallest absolute Gasteiger partial charge is 0.182 e. The van der Waals surface area contributed by atoms with Gasteiger partial charge < -0.3 is 13.6 Å². The molecule has 56 heavy (non-hydrogen) atoms. The number of benzene rings is 8. The highest BCUT2D eigenvalue weighted by Crippen LogP contribution is 2.43. The van der Waals surface area contributed by atoms with Crippen LogP contribution in [0.5, 0.6) is 0 Å². The van der Waals surface area contributed by atoms with Crippen LogP contribution in [0.2, 0.25) is 0 Å². The molecular formula is C50H31N5O. The zero-order valence-corrected chi connectivity index (χ0v) is 30.0. The minimum Gasteiger partial charge on any atom is -0.455 e. The van der Waals surface area contributed by atoms with Gasteiger partial charge in [-0.05, 0) is 54.6 Å². The Bertz CT molecular complexity index is 3480. The van der Waals surface area contributed by atoms with Crippen LogP contribution in [0.15, 0.2) is 192 Å². The SMILES string of the molecule is c1ccc(-c2nc(-c3ccccc3)n(-c3cccc4c3c3ccccc3n4-c3ccccc3-n3c4ccccc4c4c5oc6ccccc6c5ccc43)n2)cc1. The van der Waals surface area contributed by atoms with Gasteiger partial charge in [0.15, 0.2) is 11.6 Å². The fourth-order valence-electron chi connectivity index (χ4n) is 8.74. The minimum absolute atomic E-state index is 0.681. The lowest BCUT2D eigenvalue weighted by Crippen LogP contribution is -2.04. The number of hydrogen-bond donors (Lipinski definition) is 0. The Morgan fingerprint density at radius 1 is 0.375 bits per heavy atom. The first-order valence-electron chi connectivity index (χ1n) is 18.9. The van der Waals surface area contributed by atoms with Crippen LogP contribution in [-0.2, 0) is 0 Å². The van der Waals surface area contributed by atoms with Crippen molar-refractivity contribution >= 4 is 65.6 Å². The van der Waals surface area contributed by atoms with Crippen molar-refractivity contribution in [2.45, 2.75) is 0 Å². The summed E-state index contributed by atoms with van der Waals surface area (Å²) in [6.45, 7) is 0. The van der Waals surface area contributed by atoms with Crippen molar-refractivity contribution in [3.8, 4) is 39.8 Å². The molecule has 0 atom stereocenters. The largest absolute Gasteiger partial charge is 0.455 e. The van der Waals surface area contributed by atoms with E-state index in [0.29, 0.717) is 5.82 Å². The summed E-state index contributed by atoms with van der Waals surface area (Å²) in [7, 11) is 0. The van der Waals surface area contributed by atoms with Crippen LogP contribution in [0.3, 0.4) is 0 Å².